The molecule has 5 nitrogen and oxygen atoms in total. The molecular formula is C22H31N3O2. The van der Waals surface area contributed by atoms with Gasteiger partial charge in [-0.2, -0.15) is 0 Å². The van der Waals surface area contributed by atoms with E-state index in [1.54, 1.807) is 0 Å². The first-order chi connectivity index (χ1) is 13.1. The van der Waals surface area contributed by atoms with Crippen LogP contribution >= 0.6 is 0 Å². The minimum atomic E-state index is -0.103. The third-order valence-electron chi connectivity index (χ3n) is 6.63. The summed E-state index contributed by atoms with van der Waals surface area (Å²) in [4.78, 5) is 24.3. The zero-order chi connectivity index (χ0) is 18.7. The van der Waals surface area contributed by atoms with Crippen LogP contribution in [0.1, 0.15) is 50.5 Å². The molecule has 4 bridgehead atoms. The number of hydrogen-bond donors (Lipinski definition) is 3. The molecule has 3 amide bonds. The number of amides is 3. The van der Waals surface area contributed by atoms with Crippen molar-refractivity contribution in [1.82, 2.24) is 16.0 Å². The fourth-order valence-corrected chi connectivity index (χ4v) is 5.92. The van der Waals surface area contributed by atoms with Crippen molar-refractivity contribution in [2.75, 3.05) is 13.1 Å². The molecule has 0 unspecified atom stereocenters. The first-order valence-electron chi connectivity index (χ1n) is 10.5. The Bertz CT molecular complexity index is 638. The van der Waals surface area contributed by atoms with Crippen molar-refractivity contribution in [2.45, 2.75) is 56.9 Å². The van der Waals surface area contributed by atoms with Gasteiger partial charge in [-0.15, -0.1) is 0 Å². The summed E-state index contributed by atoms with van der Waals surface area (Å²) in [6.45, 7) is 1.01. The van der Waals surface area contributed by atoms with Gasteiger partial charge in [-0.05, 0) is 68.3 Å². The van der Waals surface area contributed by atoms with E-state index in [1.807, 2.05) is 18.2 Å². The van der Waals surface area contributed by atoms with Gasteiger partial charge in [0.2, 0.25) is 5.91 Å². The second-order valence-corrected chi connectivity index (χ2v) is 8.91. The number of carbonyl (C=O) groups excluding carboxylic acids is 2. The van der Waals surface area contributed by atoms with Crippen molar-refractivity contribution in [3.05, 3.63) is 35.9 Å². The third-order valence-corrected chi connectivity index (χ3v) is 6.63. The Morgan fingerprint density at radius 3 is 2.15 bits per heavy atom. The number of urea groups is 1. The van der Waals surface area contributed by atoms with Crippen molar-refractivity contribution < 1.29 is 9.59 Å². The molecule has 0 aliphatic heterocycles. The summed E-state index contributed by atoms with van der Waals surface area (Å²) in [7, 11) is 0. The molecule has 4 aliphatic rings. The van der Waals surface area contributed by atoms with Crippen molar-refractivity contribution >= 4 is 11.9 Å². The van der Waals surface area contributed by atoms with Crippen LogP contribution < -0.4 is 16.0 Å². The molecule has 146 valence electrons. The van der Waals surface area contributed by atoms with E-state index in [4.69, 9.17) is 0 Å². The average Bonchev–Trinajstić information content (AvgIpc) is 2.61. The summed E-state index contributed by atoms with van der Waals surface area (Å²) < 4.78 is 0. The molecule has 3 N–H and O–H groups in total. The van der Waals surface area contributed by atoms with Gasteiger partial charge < -0.3 is 16.0 Å². The van der Waals surface area contributed by atoms with Gasteiger partial charge in [0.15, 0.2) is 0 Å². The molecule has 1 aromatic carbocycles. The zero-order valence-electron chi connectivity index (χ0n) is 16.0. The van der Waals surface area contributed by atoms with Crippen LogP contribution in [0.5, 0.6) is 0 Å². The highest BCUT2D eigenvalue weighted by molar-refractivity contribution is 5.78. The Kier molecular flexibility index (Phi) is 5.37. The summed E-state index contributed by atoms with van der Waals surface area (Å²) in [6, 6.07) is 10.0. The van der Waals surface area contributed by atoms with Crippen molar-refractivity contribution in [2.24, 2.45) is 17.8 Å². The van der Waals surface area contributed by atoms with E-state index >= 15 is 0 Å². The fourth-order valence-electron chi connectivity index (χ4n) is 5.92. The van der Waals surface area contributed by atoms with E-state index in [9.17, 15) is 9.59 Å². The Balaban J connectivity index is 1.13. The van der Waals surface area contributed by atoms with Crippen LogP contribution in [0.25, 0.3) is 0 Å². The van der Waals surface area contributed by atoms with Gasteiger partial charge >= 0.3 is 6.03 Å². The number of carbonyl (C=O) groups is 2. The lowest BCUT2D eigenvalue weighted by atomic mass is 9.53. The van der Waals surface area contributed by atoms with Crippen LogP contribution in [0, 0.1) is 17.8 Å². The standard InChI is InChI=1S/C22H31N3O2/c26-20(23-8-6-16-4-2-1-3-5-16)7-9-24-21(27)25-22-13-17-10-18(14-22)12-19(11-17)15-22/h1-5,17-19H,6-15H2,(H,23,26)(H2,24,25,27). The molecule has 0 spiro atoms. The maximum Gasteiger partial charge on any atom is 0.315 e. The highest BCUT2D eigenvalue weighted by atomic mass is 16.2. The lowest BCUT2D eigenvalue weighted by Gasteiger charge is -2.56. The van der Waals surface area contributed by atoms with Gasteiger partial charge in [-0.3, -0.25) is 4.79 Å². The predicted octanol–water partition coefficient (Wildman–Crippen LogP) is 3.00. The Morgan fingerprint density at radius 1 is 0.889 bits per heavy atom. The van der Waals surface area contributed by atoms with Crippen molar-refractivity contribution in [3.8, 4) is 0 Å². The Hall–Kier alpha value is -2.04. The Morgan fingerprint density at radius 2 is 1.52 bits per heavy atom. The van der Waals surface area contributed by atoms with Gasteiger partial charge in [-0.25, -0.2) is 4.79 Å². The summed E-state index contributed by atoms with van der Waals surface area (Å²) in [5, 5.41) is 9.09. The highest BCUT2D eigenvalue weighted by Crippen LogP contribution is 2.55. The van der Waals surface area contributed by atoms with Crippen molar-refractivity contribution in [3.63, 3.8) is 0 Å². The largest absolute Gasteiger partial charge is 0.356 e. The zero-order valence-corrected chi connectivity index (χ0v) is 16.0. The lowest BCUT2D eigenvalue weighted by molar-refractivity contribution is -0.120. The second kappa shape index (κ2) is 7.91. The average molecular weight is 370 g/mol. The van der Waals surface area contributed by atoms with Gasteiger partial charge in [0.1, 0.15) is 0 Å². The predicted molar refractivity (Wildman–Crippen MR) is 105 cm³/mol. The van der Waals surface area contributed by atoms with Gasteiger partial charge in [0.05, 0.1) is 0 Å². The molecule has 0 atom stereocenters. The monoisotopic (exact) mass is 369 g/mol. The van der Waals surface area contributed by atoms with E-state index in [1.165, 1.54) is 24.8 Å². The van der Waals surface area contributed by atoms with Crippen LogP contribution in [-0.4, -0.2) is 30.6 Å². The first kappa shape index (κ1) is 18.3. The highest BCUT2D eigenvalue weighted by Gasteiger charge is 2.51. The minimum absolute atomic E-state index is 0.0129. The topological polar surface area (TPSA) is 70.2 Å². The van der Waals surface area contributed by atoms with E-state index in [0.717, 1.165) is 43.4 Å². The fraction of sp³-hybridized carbons (Fsp3) is 0.636. The number of hydrogen-bond acceptors (Lipinski definition) is 2. The number of benzene rings is 1. The van der Waals surface area contributed by atoms with Gasteiger partial charge in [0.25, 0.3) is 0 Å². The quantitative estimate of drug-likeness (QED) is 0.691. The maximum atomic E-state index is 12.4. The molecule has 4 aliphatic carbocycles. The molecule has 4 saturated carbocycles. The summed E-state index contributed by atoms with van der Waals surface area (Å²) in [6.07, 6.45) is 8.68. The summed E-state index contributed by atoms with van der Waals surface area (Å²) in [5.41, 5.74) is 1.24. The molecule has 27 heavy (non-hydrogen) atoms. The van der Waals surface area contributed by atoms with Gasteiger partial charge in [-0.1, -0.05) is 30.3 Å². The van der Waals surface area contributed by atoms with E-state index in [-0.39, 0.29) is 17.5 Å². The smallest absolute Gasteiger partial charge is 0.315 e. The van der Waals surface area contributed by atoms with Crippen LogP contribution in [0.2, 0.25) is 0 Å². The number of rotatable bonds is 7. The molecule has 5 heteroatoms. The molecule has 0 saturated heterocycles. The Labute approximate surface area is 161 Å². The molecule has 5 rings (SSSR count). The molecule has 1 aromatic rings. The maximum absolute atomic E-state index is 12.4. The number of nitrogens with one attached hydrogen (secondary N) is 3. The molecule has 0 heterocycles. The molecular weight excluding hydrogens is 338 g/mol. The third kappa shape index (κ3) is 4.63. The van der Waals surface area contributed by atoms with E-state index in [2.05, 4.69) is 28.1 Å². The molecule has 0 radical (unpaired) electrons. The summed E-state index contributed by atoms with van der Waals surface area (Å²) >= 11 is 0. The van der Waals surface area contributed by atoms with Crippen LogP contribution in [0.3, 0.4) is 0 Å². The minimum Gasteiger partial charge on any atom is -0.356 e. The normalized spacial score (nSPS) is 30.7. The van der Waals surface area contributed by atoms with Crippen molar-refractivity contribution in [1.29, 1.82) is 0 Å². The van der Waals surface area contributed by atoms with E-state index in [0.29, 0.717) is 19.5 Å². The van der Waals surface area contributed by atoms with Crippen LogP contribution in [0.4, 0.5) is 4.79 Å². The lowest BCUT2D eigenvalue weighted by Crippen LogP contribution is -2.61. The van der Waals surface area contributed by atoms with E-state index < -0.39 is 0 Å². The SMILES string of the molecule is O=C(CCNC(=O)NC12CC3CC(CC(C3)C1)C2)NCCc1ccccc1. The molecule has 0 aromatic heterocycles. The van der Waals surface area contributed by atoms with Crippen LogP contribution in [-0.2, 0) is 11.2 Å². The molecule has 4 fully saturated rings. The van der Waals surface area contributed by atoms with Crippen LogP contribution in [0.15, 0.2) is 30.3 Å². The first-order valence-corrected chi connectivity index (χ1v) is 10.5. The van der Waals surface area contributed by atoms with Gasteiger partial charge in [0, 0.05) is 25.0 Å². The second-order valence-electron chi connectivity index (χ2n) is 8.91. The summed E-state index contributed by atoms with van der Waals surface area (Å²) in [5.74, 6) is 2.42.